The van der Waals surface area contributed by atoms with Crippen LogP contribution in [-0.2, 0) is 22.6 Å². The lowest BCUT2D eigenvalue weighted by molar-refractivity contribution is -0.0359. The van der Waals surface area contributed by atoms with Crippen LogP contribution in [0.2, 0.25) is 0 Å². The third-order valence-electron chi connectivity index (χ3n) is 8.05. The van der Waals surface area contributed by atoms with Crippen molar-refractivity contribution in [1.29, 1.82) is 0 Å². The van der Waals surface area contributed by atoms with Crippen molar-refractivity contribution in [3.8, 4) is 5.75 Å². The normalized spacial score (nSPS) is 17.2. The first-order valence-corrected chi connectivity index (χ1v) is 15.8. The molecule has 0 spiro atoms. The summed E-state index contributed by atoms with van der Waals surface area (Å²) in [4.78, 5) is 17.1. The molecule has 1 saturated heterocycles. The number of carbonyl (C=O) groups is 1. The van der Waals surface area contributed by atoms with Gasteiger partial charge in [-0.25, -0.2) is 4.79 Å². The average Bonchev–Trinajstić information content (AvgIpc) is 3.02. The van der Waals surface area contributed by atoms with Crippen molar-refractivity contribution in [1.82, 2.24) is 9.80 Å². The van der Waals surface area contributed by atoms with E-state index in [1.165, 1.54) is 21.9 Å². The molecule has 2 atom stereocenters. The van der Waals surface area contributed by atoms with E-state index in [9.17, 15) is 4.79 Å². The lowest BCUT2D eigenvalue weighted by Gasteiger charge is -2.39. The third-order valence-corrected chi connectivity index (χ3v) is 8.05. The Kier molecular flexibility index (Phi) is 10.6. The van der Waals surface area contributed by atoms with Gasteiger partial charge in [0.15, 0.2) is 0 Å². The summed E-state index contributed by atoms with van der Waals surface area (Å²) in [6.07, 6.45) is 1.32. The molecule has 0 aromatic heterocycles. The second-order valence-corrected chi connectivity index (χ2v) is 12.8. The van der Waals surface area contributed by atoms with Gasteiger partial charge in [0.1, 0.15) is 11.4 Å². The number of carbonyl (C=O) groups excluding carboxylic acids is 1. The highest BCUT2D eigenvalue weighted by Crippen LogP contribution is 2.33. The smallest absolute Gasteiger partial charge is 0.410 e. The summed E-state index contributed by atoms with van der Waals surface area (Å²) in [7, 11) is 2.15. The Morgan fingerprint density at radius 2 is 1.61 bits per heavy atom. The molecule has 44 heavy (non-hydrogen) atoms. The molecule has 6 heteroatoms. The highest BCUT2D eigenvalue weighted by atomic mass is 16.6. The maximum absolute atomic E-state index is 13.0. The lowest BCUT2D eigenvalue weighted by Crippen LogP contribution is -2.48. The number of amides is 1. The highest BCUT2D eigenvalue weighted by molar-refractivity contribution is 5.82. The van der Waals surface area contributed by atoms with Gasteiger partial charge in [0.25, 0.3) is 0 Å². The molecule has 0 aliphatic carbocycles. The first kappa shape index (κ1) is 31.6. The fourth-order valence-electron chi connectivity index (χ4n) is 5.80. The molecule has 1 heterocycles. The summed E-state index contributed by atoms with van der Waals surface area (Å²) in [5.41, 5.74) is 3.10. The van der Waals surface area contributed by atoms with Gasteiger partial charge in [-0.15, -0.1) is 0 Å². The molecule has 5 rings (SSSR count). The Balaban J connectivity index is 1.19. The number of fused-ring (bicyclic) bond motifs is 1. The van der Waals surface area contributed by atoms with Gasteiger partial charge in [-0.3, -0.25) is 0 Å². The molecule has 0 bridgehead atoms. The minimum Gasteiger partial charge on any atom is -0.494 e. The maximum Gasteiger partial charge on any atom is 0.410 e. The summed E-state index contributed by atoms with van der Waals surface area (Å²) in [6, 6.07) is 33.8. The first-order chi connectivity index (χ1) is 21.2. The molecule has 4 aromatic rings. The number of hydrogen-bond donors (Lipinski definition) is 0. The van der Waals surface area contributed by atoms with Gasteiger partial charge >= 0.3 is 6.09 Å². The predicted octanol–water partition coefficient (Wildman–Crippen LogP) is 8.05. The van der Waals surface area contributed by atoms with Crippen LogP contribution in [0.5, 0.6) is 5.75 Å². The number of ether oxygens (including phenoxy) is 3. The summed E-state index contributed by atoms with van der Waals surface area (Å²) in [6.45, 7) is 9.88. The number of rotatable bonds is 11. The van der Waals surface area contributed by atoms with Crippen molar-refractivity contribution < 1.29 is 19.0 Å². The topological polar surface area (TPSA) is 51.2 Å². The fraction of sp³-hybridized carbons (Fsp3) is 0.395. The fourth-order valence-corrected chi connectivity index (χ4v) is 5.80. The Morgan fingerprint density at radius 1 is 0.886 bits per heavy atom. The maximum atomic E-state index is 13.0. The SMILES string of the molecule is CN(CCCOc1ccc(C2CCN(C(=O)OC(C)(C)C)CC2OCc2ccc3ccccc3c2)cc1)Cc1ccccc1. The molecule has 1 amide bonds. The molecule has 0 N–H and O–H groups in total. The number of likely N-dealkylation sites (tertiary alicyclic amines) is 1. The number of hydrogen-bond acceptors (Lipinski definition) is 5. The molecular formula is C38H46N2O4. The Hall–Kier alpha value is -3.87. The van der Waals surface area contributed by atoms with Crippen LogP contribution in [0.15, 0.2) is 97.1 Å². The molecule has 1 aliphatic rings. The third kappa shape index (κ3) is 9.07. The second-order valence-electron chi connectivity index (χ2n) is 12.8. The van der Waals surface area contributed by atoms with Crippen molar-refractivity contribution in [2.45, 2.75) is 64.4 Å². The van der Waals surface area contributed by atoms with Gasteiger partial charge in [0.05, 0.1) is 25.9 Å². The number of piperidine rings is 1. The van der Waals surface area contributed by atoms with Crippen LogP contribution in [0, 0.1) is 0 Å². The van der Waals surface area contributed by atoms with Crippen LogP contribution < -0.4 is 4.74 Å². The van der Waals surface area contributed by atoms with Gasteiger partial charge in [0.2, 0.25) is 0 Å². The standard InChI is InChI=1S/C38H46N2O4/c1-38(2,3)44-37(41)40-23-21-35(36(27-40)43-28-30-15-16-31-13-8-9-14-33(31)25-30)32-17-19-34(20-18-32)42-24-10-22-39(4)26-29-11-6-5-7-12-29/h5-9,11-20,25,35-36H,10,21-24,26-28H2,1-4H3. The predicted molar refractivity (Wildman–Crippen MR) is 177 cm³/mol. The van der Waals surface area contributed by atoms with Crippen molar-refractivity contribution in [2.24, 2.45) is 0 Å². The van der Waals surface area contributed by atoms with E-state index in [1.54, 1.807) is 4.90 Å². The van der Waals surface area contributed by atoms with Crippen molar-refractivity contribution in [2.75, 3.05) is 33.3 Å². The van der Waals surface area contributed by atoms with Gasteiger partial charge in [-0.1, -0.05) is 78.9 Å². The lowest BCUT2D eigenvalue weighted by atomic mass is 9.87. The quantitative estimate of drug-likeness (QED) is 0.165. The summed E-state index contributed by atoms with van der Waals surface area (Å²) >= 11 is 0. The van der Waals surface area contributed by atoms with E-state index in [4.69, 9.17) is 14.2 Å². The zero-order chi connectivity index (χ0) is 30.9. The van der Waals surface area contributed by atoms with E-state index >= 15 is 0 Å². The largest absolute Gasteiger partial charge is 0.494 e. The highest BCUT2D eigenvalue weighted by Gasteiger charge is 2.35. The summed E-state index contributed by atoms with van der Waals surface area (Å²) in [5.74, 6) is 1.04. The second kappa shape index (κ2) is 14.7. The van der Waals surface area contributed by atoms with Gasteiger partial charge in [-0.05, 0) is 86.3 Å². The Bertz CT molecular complexity index is 1480. The van der Waals surface area contributed by atoms with Crippen LogP contribution >= 0.6 is 0 Å². The van der Waals surface area contributed by atoms with E-state index in [2.05, 4.69) is 109 Å². The number of nitrogens with zero attached hydrogens (tertiary/aromatic N) is 2. The molecule has 1 fully saturated rings. The molecule has 0 saturated carbocycles. The van der Waals surface area contributed by atoms with Gasteiger partial charge in [0, 0.05) is 25.6 Å². The van der Waals surface area contributed by atoms with E-state index in [-0.39, 0.29) is 18.1 Å². The summed E-state index contributed by atoms with van der Waals surface area (Å²) < 4.78 is 18.4. The summed E-state index contributed by atoms with van der Waals surface area (Å²) in [5, 5.41) is 2.41. The van der Waals surface area contributed by atoms with Crippen LogP contribution in [0.4, 0.5) is 4.79 Å². The molecule has 2 unspecified atom stereocenters. The van der Waals surface area contributed by atoms with Gasteiger partial charge < -0.3 is 24.0 Å². The minimum absolute atomic E-state index is 0.158. The number of benzene rings is 4. The molecule has 4 aromatic carbocycles. The van der Waals surface area contributed by atoms with E-state index in [1.807, 2.05) is 20.8 Å². The van der Waals surface area contributed by atoms with Crippen molar-refractivity contribution in [3.05, 3.63) is 114 Å². The Morgan fingerprint density at radius 3 is 2.36 bits per heavy atom. The van der Waals surface area contributed by atoms with E-state index in [0.29, 0.717) is 26.3 Å². The van der Waals surface area contributed by atoms with E-state index < -0.39 is 5.60 Å². The van der Waals surface area contributed by atoms with Gasteiger partial charge in [-0.2, -0.15) is 0 Å². The zero-order valence-corrected chi connectivity index (χ0v) is 26.6. The van der Waals surface area contributed by atoms with Crippen molar-refractivity contribution in [3.63, 3.8) is 0 Å². The van der Waals surface area contributed by atoms with Crippen molar-refractivity contribution >= 4 is 16.9 Å². The van der Waals surface area contributed by atoms with Crippen LogP contribution in [0.1, 0.15) is 56.2 Å². The molecule has 6 nitrogen and oxygen atoms in total. The van der Waals surface area contributed by atoms with E-state index in [0.717, 1.165) is 37.2 Å². The first-order valence-electron chi connectivity index (χ1n) is 15.8. The average molecular weight is 595 g/mol. The van der Waals surface area contributed by atoms with Crippen LogP contribution in [-0.4, -0.2) is 60.9 Å². The Labute approximate surface area is 262 Å². The molecule has 232 valence electrons. The molecular weight excluding hydrogens is 548 g/mol. The zero-order valence-electron chi connectivity index (χ0n) is 26.6. The van der Waals surface area contributed by atoms with Crippen LogP contribution in [0.3, 0.4) is 0 Å². The van der Waals surface area contributed by atoms with Crippen LogP contribution in [0.25, 0.3) is 10.8 Å². The monoisotopic (exact) mass is 594 g/mol. The molecule has 1 aliphatic heterocycles. The molecule has 0 radical (unpaired) electrons. The minimum atomic E-state index is -0.539.